The van der Waals surface area contributed by atoms with Gasteiger partial charge in [-0.1, -0.05) is 11.6 Å². The summed E-state index contributed by atoms with van der Waals surface area (Å²) in [4.78, 5) is 24.1. The Morgan fingerprint density at radius 1 is 1.06 bits per heavy atom. The average molecular weight is 498 g/mol. The van der Waals surface area contributed by atoms with Crippen LogP contribution in [0.25, 0.3) is 11.1 Å². The van der Waals surface area contributed by atoms with Crippen LogP contribution >= 0.6 is 23.4 Å². The van der Waals surface area contributed by atoms with Gasteiger partial charge in [-0.3, -0.25) is 4.79 Å². The van der Waals surface area contributed by atoms with Crippen LogP contribution in [0, 0.1) is 34.9 Å². The fraction of sp³-hybridized carbons (Fsp3) is 0.300. The summed E-state index contributed by atoms with van der Waals surface area (Å²) in [7, 11) is 0. The van der Waals surface area contributed by atoms with E-state index in [4.69, 9.17) is 16.3 Å². The standard InChI is InChI=1S/C20H14ClF6NO3S/c1-7(19(29)31-20(30)11-3-2-4-28-11)32-12-5-8(10(22)6-9(12)21)13-14(23)16(25)18(27)17(26)15(13)24/h5-7,11,28H,2-4H2,1H3/t7?,11-/m0/s1. The van der Waals surface area contributed by atoms with E-state index in [1.807, 2.05) is 0 Å². The van der Waals surface area contributed by atoms with Gasteiger partial charge in [0.25, 0.3) is 0 Å². The lowest BCUT2D eigenvalue weighted by Crippen LogP contribution is -2.35. The van der Waals surface area contributed by atoms with Gasteiger partial charge in [0.2, 0.25) is 5.82 Å². The van der Waals surface area contributed by atoms with Crippen molar-refractivity contribution in [1.82, 2.24) is 5.32 Å². The molecule has 1 N–H and O–H groups in total. The highest BCUT2D eigenvalue weighted by Gasteiger charge is 2.30. The summed E-state index contributed by atoms with van der Waals surface area (Å²) in [6.45, 7) is 1.93. The van der Waals surface area contributed by atoms with E-state index in [1.54, 1.807) is 0 Å². The molecule has 0 spiro atoms. The Kier molecular flexibility index (Phi) is 7.41. The molecule has 172 valence electrons. The highest BCUT2D eigenvalue weighted by Crippen LogP contribution is 2.39. The molecule has 4 nitrogen and oxygen atoms in total. The van der Waals surface area contributed by atoms with E-state index in [0.29, 0.717) is 30.8 Å². The molecule has 32 heavy (non-hydrogen) atoms. The second-order valence-corrected chi connectivity index (χ2v) is 8.65. The summed E-state index contributed by atoms with van der Waals surface area (Å²) in [6, 6.07) is 0.750. The lowest BCUT2D eigenvalue weighted by molar-refractivity contribution is -0.160. The zero-order valence-electron chi connectivity index (χ0n) is 16.2. The Hall–Kier alpha value is -2.24. The number of halogens is 7. The summed E-state index contributed by atoms with van der Waals surface area (Å²) >= 11 is 6.58. The maximum absolute atomic E-state index is 14.4. The molecule has 1 fully saturated rings. The van der Waals surface area contributed by atoms with E-state index in [2.05, 4.69) is 5.32 Å². The van der Waals surface area contributed by atoms with Gasteiger partial charge in [-0.05, 0) is 38.4 Å². The van der Waals surface area contributed by atoms with Crippen LogP contribution in [-0.2, 0) is 14.3 Å². The summed E-state index contributed by atoms with van der Waals surface area (Å²) in [5.74, 6) is -14.4. The molecule has 0 bridgehead atoms. The molecule has 2 atom stereocenters. The van der Waals surface area contributed by atoms with Gasteiger partial charge in [-0.15, -0.1) is 11.8 Å². The number of carbonyl (C=O) groups excluding carboxylic acids is 2. The van der Waals surface area contributed by atoms with Crippen LogP contribution in [0.3, 0.4) is 0 Å². The zero-order chi connectivity index (χ0) is 23.7. The molecule has 0 amide bonds. The van der Waals surface area contributed by atoms with Gasteiger partial charge in [0.15, 0.2) is 23.3 Å². The first kappa shape index (κ1) is 24.4. The minimum absolute atomic E-state index is 0.108. The molecule has 2 aromatic carbocycles. The van der Waals surface area contributed by atoms with Crippen LogP contribution in [0.5, 0.6) is 0 Å². The normalized spacial score (nSPS) is 16.8. The predicted molar refractivity (Wildman–Crippen MR) is 104 cm³/mol. The van der Waals surface area contributed by atoms with Crippen LogP contribution < -0.4 is 5.32 Å². The minimum atomic E-state index is -2.38. The van der Waals surface area contributed by atoms with Gasteiger partial charge >= 0.3 is 11.9 Å². The quantitative estimate of drug-likeness (QED) is 0.155. The second kappa shape index (κ2) is 9.72. The molecule has 1 heterocycles. The minimum Gasteiger partial charge on any atom is -0.391 e. The molecule has 1 unspecified atom stereocenters. The van der Waals surface area contributed by atoms with Crippen molar-refractivity contribution in [1.29, 1.82) is 0 Å². The Bertz CT molecular complexity index is 1060. The van der Waals surface area contributed by atoms with Gasteiger partial charge in [-0.25, -0.2) is 31.1 Å². The zero-order valence-corrected chi connectivity index (χ0v) is 17.8. The number of carbonyl (C=O) groups is 2. The SMILES string of the molecule is CC(Sc1cc(-c2c(F)c(F)c(F)c(F)c2F)c(F)cc1Cl)C(=O)OC(=O)[C@@H]1CCCN1. The van der Waals surface area contributed by atoms with E-state index in [-0.39, 0.29) is 9.92 Å². The molecule has 0 aliphatic carbocycles. The summed E-state index contributed by atoms with van der Waals surface area (Å²) in [5, 5.41) is 1.49. The Morgan fingerprint density at radius 3 is 2.22 bits per heavy atom. The number of esters is 2. The van der Waals surface area contributed by atoms with Crippen LogP contribution in [0.15, 0.2) is 17.0 Å². The van der Waals surface area contributed by atoms with E-state index < -0.39 is 69.3 Å². The molecular weight excluding hydrogens is 484 g/mol. The third-order valence-electron chi connectivity index (χ3n) is 4.68. The Labute approximate surface area is 187 Å². The lowest BCUT2D eigenvalue weighted by atomic mass is 10.0. The molecule has 0 saturated carbocycles. The maximum Gasteiger partial charge on any atom is 0.330 e. The summed E-state index contributed by atoms with van der Waals surface area (Å²) in [5.41, 5.74) is -2.42. The number of hydrogen-bond acceptors (Lipinski definition) is 5. The van der Waals surface area contributed by atoms with Gasteiger partial charge in [0, 0.05) is 10.5 Å². The first-order chi connectivity index (χ1) is 15.0. The molecule has 1 aliphatic rings. The van der Waals surface area contributed by atoms with Crippen LogP contribution in [0.4, 0.5) is 26.3 Å². The molecule has 0 radical (unpaired) electrons. The van der Waals surface area contributed by atoms with E-state index in [1.165, 1.54) is 6.92 Å². The number of hydrogen-bond donors (Lipinski definition) is 1. The third-order valence-corrected chi connectivity index (χ3v) is 6.24. The van der Waals surface area contributed by atoms with Gasteiger partial charge in [-0.2, -0.15) is 0 Å². The predicted octanol–water partition coefficient (Wildman–Crippen LogP) is 5.14. The fourth-order valence-electron chi connectivity index (χ4n) is 3.03. The highest BCUT2D eigenvalue weighted by atomic mass is 35.5. The van der Waals surface area contributed by atoms with Crippen molar-refractivity contribution in [3.8, 4) is 11.1 Å². The van der Waals surface area contributed by atoms with E-state index >= 15 is 0 Å². The number of rotatable bonds is 5. The second-order valence-electron chi connectivity index (χ2n) is 6.86. The molecule has 1 saturated heterocycles. The average Bonchev–Trinajstić information content (AvgIpc) is 3.29. The summed E-state index contributed by atoms with van der Waals surface area (Å²) in [6.07, 6.45) is 1.24. The molecule has 0 aromatic heterocycles. The first-order valence-corrected chi connectivity index (χ1v) is 10.4. The molecule has 1 aliphatic heterocycles. The lowest BCUT2D eigenvalue weighted by Gasteiger charge is -2.15. The van der Waals surface area contributed by atoms with Crippen LogP contribution in [0.1, 0.15) is 19.8 Å². The number of ether oxygens (including phenoxy) is 1. The largest absolute Gasteiger partial charge is 0.391 e. The van der Waals surface area contributed by atoms with Crippen molar-refractivity contribution in [3.05, 3.63) is 52.1 Å². The monoisotopic (exact) mass is 497 g/mol. The fourth-order valence-corrected chi connectivity index (χ4v) is 4.20. The van der Waals surface area contributed by atoms with E-state index in [9.17, 15) is 35.9 Å². The Balaban J connectivity index is 1.89. The van der Waals surface area contributed by atoms with Crippen LogP contribution in [-0.4, -0.2) is 29.8 Å². The van der Waals surface area contributed by atoms with Gasteiger partial charge in [0.1, 0.15) is 17.1 Å². The summed E-state index contributed by atoms with van der Waals surface area (Å²) < 4.78 is 87.8. The molecule has 2 aromatic rings. The number of nitrogens with one attached hydrogen (secondary N) is 1. The number of thioether (sulfide) groups is 1. The van der Waals surface area contributed by atoms with Crippen molar-refractivity contribution in [2.24, 2.45) is 0 Å². The molecular formula is C20H14ClF6NO3S. The van der Waals surface area contributed by atoms with Crippen molar-refractivity contribution in [2.75, 3.05) is 6.54 Å². The van der Waals surface area contributed by atoms with E-state index in [0.717, 1.165) is 12.5 Å². The third kappa shape index (κ3) is 4.74. The topological polar surface area (TPSA) is 55.4 Å². The molecule has 3 rings (SSSR count). The van der Waals surface area contributed by atoms with Crippen molar-refractivity contribution in [2.45, 2.75) is 36.0 Å². The van der Waals surface area contributed by atoms with Crippen LogP contribution in [0.2, 0.25) is 5.02 Å². The first-order valence-electron chi connectivity index (χ1n) is 9.19. The highest BCUT2D eigenvalue weighted by molar-refractivity contribution is 8.00. The van der Waals surface area contributed by atoms with Crippen molar-refractivity contribution >= 4 is 35.3 Å². The van der Waals surface area contributed by atoms with Crippen molar-refractivity contribution < 1.29 is 40.7 Å². The molecule has 12 heteroatoms. The van der Waals surface area contributed by atoms with Gasteiger partial charge in [0.05, 0.1) is 10.6 Å². The number of benzene rings is 2. The smallest absolute Gasteiger partial charge is 0.330 e. The maximum atomic E-state index is 14.4. The Morgan fingerprint density at radius 2 is 1.66 bits per heavy atom. The van der Waals surface area contributed by atoms with Crippen molar-refractivity contribution in [3.63, 3.8) is 0 Å². The van der Waals surface area contributed by atoms with Gasteiger partial charge < -0.3 is 10.1 Å².